The molecule has 3 rings (SSSR count). The molecule has 3 aromatic carbocycles. The largest absolute Gasteiger partial charge is 0.497 e. The third-order valence-corrected chi connectivity index (χ3v) is 5.82. The third kappa shape index (κ3) is 5.80. The number of ether oxygens (including phenoxy) is 1. The predicted molar refractivity (Wildman–Crippen MR) is 114 cm³/mol. The number of benzene rings is 3. The van der Waals surface area contributed by atoms with Gasteiger partial charge in [-0.05, 0) is 60.2 Å². The zero-order valence-corrected chi connectivity index (χ0v) is 17.4. The van der Waals surface area contributed by atoms with Gasteiger partial charge in [0.25, 0.3) is 15.9 Å². The maximum atomic E-state index is 13.3. The van der Waals surface area contributed by atoms with Gasteiger partial charge in [0, 0.05) is 17.8 Å². The number of methoxy groups -OCH3 is 1. The molecule has 162 valence electrons. The van der Waals surface area contributed by atoms with Crippen LogP contribution < -0.4 is 14.8 Å². The number of aliphatic hydroxyl groups excluding tert-OH is 1. The molecule has 0 aliphatic rings. The number of halogens is 1. The number of nitrogens with one attached hydrogen (secondary N) is 2. The van der Waals surface area contributed by atoms with Gasteiger partial charge in [0.2, 0.25) is 0 Å². The van der Waals surface area contributed by atoms with Gasteiger partial charge in [0.1, 0.15) is 11.6 Å². The number of amides is 1. The van der Waals surface area contributed by atoms with Crippen molar-refractivity contribution in [2.45, 2.75) is 11.0 Å². The fraction of sp³-hybridized carbons (Fsp3) is 0.136. The molecule has 0 heterocycles. The van der Waals surface area contributed by atoms with Crippen molar-refractivity contribution < 1.29 is 27.4 Å². The zero-order chi connectivity index (χ0) is 22.4. The molecule has 9 heteroatoms. The number of carbonyl (C=O) groups is 1. The van der Waals surface area contributed by atoms with Gasteiger partial charge in [-0.15, -0.1) is 0 Å². The Bertz CT molecular complexity index is 1170. The van der Waals surface area contributed by atoms with E-state index in [1.54, 1.807) is 24.3 Å². The molecule has 0 aliphatic heterocycles. The van der Waals surface area contributed by atoms with Gasteiger partial charge in [0.15, 0.2) is 0 Å². The van der Waals surface area contributed by atoms with Crippen LogP contribution in [0.4, 0.5) is 10.1 Å². The first-order valence-corrected chi connectivity index (χ1v) is 10.8. The summed E-state index contributed by atoms with van der Waals surface area (Å²) in [5.74, 6) is -0.482. The maximum absolute atomic E-state index is 13.3. The minimum atomic E-state index is -3.93. The number of hydrogen-bond donors (Lipinski definition) is 3. The topological polar surface area (TPSA) is 105 Å². The highest BCUT2D eigenvalue weighted by atomic mass is 32.2. The van der Waals surface area contributed by atoms with Crippen LogP contribution in [-0.2, 0) is 10.0 Å². The van der Waals surface area contributed by atoms with Gasteiger partial charge >= 0.3 is 0 Å². The van der Waals surface area contributed by atoms with Crippen molar-refractivity contribution in [1.82, 2.24) is 5.32 Å². The van der Waals surface area contributed by atoms with E-state index in [-0.39, 0.29) is 17.0 Å². The van der Waals surface area contributed by atoms with Crippen LogP contribution in [0.1, 0.15) is 22.0 Å². The quantitative estimate of drug-likeness (QED) is 0.495. The SMILES string of the molecule is COc1ccc(NS(=O)(=O)c2cccc(C(=O)NCC(O)c3cccc(F)c3)c2)cc1. The van der Waals surface area contributed by atoms with Crippen molar-refractivity contribution in [3.63, 3.8) is 0 Å². The lowest BCUT2D eigenvalue weighted by Crippen LogP contribution is -2.28. The highest BCUT2D eigenvalue weighted by molar-refractivity contribution is 7.92. The first-order valence-electron chi connectivity index (χ1n) is 9.27. The Morgan fingerprint density at radius 3 is 2.45 bits per heavy atom. The van der Waals surface area contributed by atoms with E-state index in [0.717, 1.165) is 0 Å². The van der Waals surface area contributed by atoms with Crippen LogP contribution in [-0.4, -0.2) is 33.1 Å². The number of rotatable bonds is 8. The number of anilines is 1. The van der Waals surface area contributed by atoms with Crippen LogP contribution in [0.15, 0.2) is 77.7 Å². The molecule has 0 radical (unpaired) electrons. The fourth-order valence-corrected chi connectivity index (χ4v) is 3.90. The molecule has 0 aromatic heterocycles. The first kappa shape index (κ1) is 22.3. The molecule has 0 spiro atoms. The van der Waals surface area contributed by atoms with E-state index < -0.39 is 27.9 Å². The summed E-state index contributed by atoms with van der Waals surface area (Å²) >= 11 is 0. The molecule has 31 heavy (non-hydrogen) atoms. The normalized spacial score (nSPS) is 12.1. The van der Waals surface area contributed by atoms with Gasteiger partial charge in [-0.25, -0.2) is 12.8 Å². The summed E-state index contributed by atoms with van der Waals surface area (Å²) in [4.78, 5) is 12.3. The van der Waals surface area contributed by atoms with Crippen molar-refractivity contribution in [1.29, 1.82) is 0 Å². The van der Waals surface area contributed by atoms with Crippen molar-refractivity contribution in [3.05, 3.63) is 89.7 Å². The number of hydrogen-bond acceptors (Lipinski definition) is 5. The lowest BCUT2D eigenvalue weighted by atomic mass is 10.1. The average molecular weight is 444 g/mol. The summed E-state index contributed by atoms with van der Waals surface area (Å²) in [7, 11) is -2.42. The highest BCUT2D eigenvalue weighted by Crippen LogP contribution is 2.20. The highest BCUT2D eigenvalue weighted by Gasteiger charge is 2.17. The van der Waals surface area contributed by atoms with Gasteiger partial charge in [-0.1, -0.05) is 18.2 Å². The van der Waals surface area contributed by atoms with E-state index >= 15 is 0 Å². The molecule has 1 unspecified atom stereocenters. The second-order valence-electron chi connectivity index (χ2n) is 6.64. The zero-order valence-electron chi connectivity index (χ0n) is 16.6. The summed E-state index contributed by atoms with van der Waals surface area (Å²) in [5, 5.41) is 12.6. The van der Waals surface area contributed by atoms with Crippen molar-refractivity contribution in [2.75, 3.05) is 18.4 Å². The molecular formula is C22H21FN2O5S. The Morgan fingerprint density at radius 1 is 1.06 bits per heavy atom. The molecular weight excluding hydrogens is 423 g/mol. The lowest BCUT2D eigenvalue weighted by Gasteiger charge is -2.13. The fourth-order valence-electron chi connectivity index (χ4n) is 2.80. The van der Waals surface area contributed by atoms with Crippen LogP contribution >= 0.6 is 0 Å². The summed E-state index contributed by atoms with van der Waals surface area (Å²) in [6, 6.07) is 17.3. The second-order valence-corrected chi connectivity index (χ2v) is 8.33. The average Bonchev–Trinajstić information content (AvgIpc) is 2.77. The van der Waals surface area contributed by atoms with Crippen LogP contribution in [0.5, 0.6) is 5.75 Å². The van der Waals surface area contributed by atoms with E-state index in [1.807, 2.05) is 0 Å². The van der Waals surface area contributed by atoms with E-state index in [0.29, 0.717) is 17.0 Å². The van der Waals surface area contributed by atoms with E-state index in [4.69, 9.17) is 4.74 Å². The Labute approximate surface area is 179 Å². The summed E-state index contributed by atoms with van der Waals surface area (Å²) < 4.78 is 46.1. The first-order chi connectivity index (χ1) is 14.8. The van der Waals surface area contributed by atoms with Crippen LogP contribution in [0, 0.1) is 5.82 Å². The number of sulfonamides is 1. The van der Waals surface area contributed by atoms with Crippen LogP contribution in [0.2, 0.25) is 0 Å². The third-order valence-electron chi connectivity index (χ3n) is 4.44. The van der Waals surface area contributed by atoms with Gasteiger partial charge in [0.05, 0.1) is 18.1 Å². The van der Waals surface area contributed by atoms with Crippen molar-refractivity contribution in [2.24, 2.45) is 0 Å². The molecule has 7 nitrogen and oxygen atoms in total. The van der Waals surface area contributed by atoms with E-state index in [9.17, 15) is 22.7 Å². The maximum Gasteiger partial charge on any atom is 0.261 e. The molecule has 0 aliphatic carbocycles. The Kier molecular flexibility index (Phi) is 6.88. The van der Waals surface area contributed by atoms with Gasteiger partial charge in [-0.3, -0.25) is 9.52 Å². The molecule has 0 saturated carbocycles. The molecule has 0 fully saturated rings. The molecule has 1 amide bonds. The molecule has 0 bridgehead atoms. The van der Waals surface area contributed by atoms with Crippen LogP contribution in [0.3, 0.4) is 0 Å². The van der Waals surface area contributed by atoms with E-state index in [2.05, 4.69) is 10.0 Å². The monoisotopic (exact) mass is 444 g/mol. The summed E-state index contributed by atoms with van der Waals surface area (Å²) in [6.45, 7) is -0.163. The smallest absolute Gasteiger partial charge is 0.261 e. The van der Waals surface area contributed by atoms with Gasteiger partial charge in [-0.2, -0.15) is 0 Å². The van der Waals surface area contributed by atoms with Crippen molar-refractivity contribution >= 4 is 21.6 Å². The van der Waals surface area contributed by atoms with Gasteiger partial charge < -0.3 is 15.2 Å². The Balaban J connectivity index is 1.68. The number of carbonyl (C=O) groups excluding carboxylic acids is 1. The Hall–Kier alpha value is -3.43. The molecule has 0 saturated heterocycles. The van der Waals surface area contributed by atoms with Crippen LogP contribution in [0.25, 0.3) is 0 Å². The summed E-state index contributed by atoms with van der Waals surface area (Å²) in [5.41, 5.74) is 0.762. The summed E-state index contributed by atoms with van der Waals surface area (Å²) in [6.07, 6.45) is -1.11. The van der Waals surface area contributed by atoms with Crippen molar-refractivity contribution in [3.8, 4) is 5.75 Å². The molecule has 1 atom stereocenters. The number of aliphatic hydroxyl groups is 1. The lowest BCUT2D eigenvalue weighted by molar-refractivity contribution is 0.0916. The minimum Gasteiger partial charge on any atom is -0.497 e. The van der Waals surface area contributed by atoms with E-state index in [1.165, 1.54) is 55.6 Å². The Morgan fingerprint density at radius 2 is 1.77 bits per heavy atom. The standard InChI is InChI=1S/C22H21FN2O5S/c1-30-19-10-8-18(9-11-19)25-31(28,29)20-7-3-5-16(13-20)22(27)24-14-21(26)15-4-2-6-17(23)12-15/h2-13,21,25-26H,14H2,1H3,(H,24,27). The molecule has 3 aromatic rings. The predicted octanol–water partition coefficient (Wildman–Crippen LogP) is 3.10. The second kappa shape index (κ2) is 9.59. The minimum absolute atomic E-state index is 0.0957. The molecule has 3 N–H and O–H groups in total.